The monoisotopic (exact) mass is 241 g/mol. The lowest BCUT2D eigenvalue weighted by Gasteiger charge is -2.17. The highest BCUT2D eigenvalue weighted by Gasteiger charge is 2.20. The molecule has 0 aliphatic carbocycles. The Kier molecular flexibility index (Phi) is 5.05. The Labute approximate surface area is 99.0 Å². The van der Waals surface area contributed by atoms with Crippen molar-refractivity contribution in [1.29, 1.82) is 0 Å². The molecule has 17 heavy (non-hydrogen) atoms. The first-order valence-corrected chi connectivity index (χ1v) is 5.41. The van der Waals surface area contributed by atoms with Crippen LogP contribution >= 0.6 is 0 Å². The van der Waals surface area contributed by atoms with Crippen LogP contribution in [0.5, 0.6) is 0 Å². The molecule has 0 heterocycles. The third-order valence-corrected chi connectivity index (χ3v) is 2.36. The van der Waals surface area contributed by atoms with Crippen LogP contribution in [-0.2, 0) is 0 Å². The number of nitrogens with one attached hydrogen (secondary N) is 1. The predicted molar refractivity (Wildman–Crippen MR) is 60.8 cm³/mol. The van der Waals surface area contributed by atoms with Crippen molar-refractivity contribution >= 4 is 0 Å². The predicted octanol–water partition coefficient (Wildman–Crippen LogP) is 3.17. The average Bonchev–Trinajstić information content (AvgIpc) is 2.24. The Balaban J connectivity index is 3.05. The molecule has 0 aliphatic heterocycles. The number of halogens is 3. The third-order valence-electron chi connectivity index (χ3n) is 2.36. The maximum absolute atomic E-state index is 13.5. The second kappa shape index (κ2) is 6.31. The van der Waals surface area contributed by atoms with Gasteiger partial charge < -0.3 is 5.32 Å². The first-order chi connectivity index (χ1) is 8.10. The second-order valence-electron chi connectivity index (χ2n) is 3.70. The van der Waals surface area contributed by atoms with Crippen LogP contribution in [0.4, 0.5) is 13.2 Å². The molecule has 4 heteroatoms. The Hall–Kier alpha value is -1.47. The van der Waals surface area contributed by atoms with Crippen LogP contribution in [0.25, 0.3) is 0 Å². The molecule has 1 rings (SSSR count). The normalized spacial score (nSPS) is 12.2. The minimum absolute atomic E-state index is 0.152. The molecule has 0 aliphatic rings. The molecule has 1 N–H and O–H groups in total. The van der Waals surface area contributed by atoms with Crippen molar-refractivity contribution in [3.05, 3.63) is 35.1 Å². The summed E-state index contributed by atoms with van der Waals surface area (Å²) < 4.78 is 39.8. The number of rotatable bonds is 5. The summed E-state index contributed by atoms with van der Waals surface area (Å²) in [6, 6.07) is 0.700. The second-order valence-corrected chi connectivity index (χ2v) is 3.70. The van der Waals surface area contributed by atoms with Gasteiger partial charge in [-0.2, -0.15) is 0 Å². The highest BCUT2D eigenvalue weighted by molar-refractivity contribution is 5.25. The quantitative estimate of drug-likeness (QED) is 0.781. The molecule has 0 saturated carbocycles. The lowest BCUT2D eigenvalue weighted by molar-refractivity contribution is 0.461. The lowest BCUT2D eigenvalue weighted by atomic mass is 10.0. The van der Waals surface area contributed by atoms with Crippen LogP contribution in [0.1, 0.15) is 31.4 Å². The van der Waals surface area contributed by atoms with Gasteiger partial charge in [-0.1, -0.05) is 6.92 Å². The van der Waals surface area contributed by atoms with Gasteiger partial charge in [-0.25, -0.2) is 13.2 Å². The van der Waals surface area contributed by atoms with Crippen LogP contribution < -0.4 is 5.32 Å². The summed E-state index contributed by atoms with van der Waals surface area (Å²) in [5.41, 5.74) is -0.196. The van der Waals surface area contributed by atoms with E-state index in [0.29, 0.717) is 18.7 Å². The number of terminal acetylenes is 1. The minimum atomic E-state index is -0.932. The van der Waals surface area contributed by atoms with E-state index in [2.05, 4.69) is 11.2 Å². The molecule has 0 fully saturated rings. The van der Waals surface area contributed by atoms with Crippen molar-refractivity contribution in [1.82, 2.24) is 5.32 Å². The zero-order valence-electron chi connectivity index (χ0n) is 9.56. The number of hydrogen-bond acceptors (Lipinski definition) is 1. The van der Waals surface area contributed by atoms with Crippen LogP contribution in [0.2, 0.25) is 0 Å². The molecule has 0 spiro atoms. The van der Waals surface area contributed by atoms with Crippen LogP contribution in [0, 0.1) is 29.8 Å². The summed E-state index contributed by atoms with van der Waals surface area (Å²) in [7, 11) is 0. The van der Waals surface area contributed by atoms with E-state index in [9.17, 15) is 13.2 Å². The van der Waals surface area contributed by atoms with Gasteiger partial charge in [0.05, 0.1) is 0 Å². The van der Waals surface area contributed by atoms with Crippen molar-refractivity contribution in [2.24, 2.45) is 0 Å². The van der Waals surface area contributed by atoms with E-state index in [-0.39, 0.29) is 12.0 Å². The van der Waals surface area contributed by atoms with Crippen molar-refractivity contribution in [3.63, 3.8) is 0 Å². The van der Waals surface area contributed by atoms with E-state index in [4.69, 9.17) is 6.42 Å². The summed E-state index contributed by atoms with van der Waals surface area (Å²) in [6.07, 6.45) is 6.12. The average molecular weight is 241 g/mol. The molecule has 0 aromatic heterocycles. The summed E-state index contributed by atoms with van der Waals surface area (Å²) in [6.45, 7) is 2.51. The van der Waals surface area contributed by atoms with E-state index < -0.39 is 23.5 Å². The fourth-order valence-electron chi connectivity index (χ4n) is 1.60. The van der Waals surface area contributed by atoms with Crippen LogP contribution in [-0.4, -0.2) is 6.54 Å². The molecule has 0 radical (unpaired) electrons. The molecule has 0 bridgehead atoms. The lowest BCUT2D eigenvalue weighted by Crippen LogP contribution is -2.24. The molecular formula is C13H14F3N. The molecular weight excluding hydrogens is 227 g/mol. The zero-order chi connectivity index (χ0) is 12.8. The molecule has 1 aromatic carbocycles. The highest BCUT2D eigenvalue weighted by Crippen LogP contribution is 2.24. The van der Waals surface area contributed by atoms with E-state index in [1.807, 2.05) is 6.92 Å². The van der Waals surface area contributed by atoms with Gasteiger partial charge in [0.1, 0.15) is 17.5 Å². The van der Waals surface area contributed by atoms with Gasteiger partial charge in [-0.15, -0.1) is 12.3 Å². The molecule has 0 amide bonds. The first kappa shape index (κ1) is 13.6. The highest BCUT2D eigenvalue weighted by atomic mass is 19.1. The number of hydrogen-bond donors (Lipinski definition) is 1. The van der Waals surface area contributed by atoms with Gasteiger partial charge in [0.15, 0.2) is 0 Å². The topological polar surface area (TPSA) is 12.0 Å². The van der Waals surface area contributed by atoms with Gasteiger partial charge in [-0.05, 0) is 13.0 Å². The third kappa shape index (κ3) is 3.50. The summed E-state index contributed by atoms with van der Waals surface area (Å²) in [4.78, 5) is 0. The molecule has 1 nitrogen and oxygen atoms in total. The van der Waals surface area contributed by atoms with Crippen molar-refractivity contribution < 1.29 is 13.2 Å². The van der Waals surface area contributed by atoms with Gasteiger partial charge in [-0.3, -0.25) is 0 Å². The first-order valence-electron chi connectivity index (χ1n) is 5.41. The van der Waals surface area contributed by atoms with Gasteiger partial charge in [0.25, 0.3) is 0 Å². The van der Waals surface area contributed by atoms with Gasteiger partial charge in [0, 0.05) is 30.2 Å². The molecule has 0 saturated heterocycles. The Morgan fingerprint density at radius 1 is 1.29 bits per heavy atom. The Morgan fingerprint density at radius 3 is 2.35 bits per heavy atom. The Morgan fingerprint density at radius 2 is 1.88 bits per heavy atom. The fraction of sp³-hybridized carbons (Fsp3) is 0.385. The van der Waals surface area contributed by atoms with Gasteiger partial charge >= 0.3 is 0 Å². The molecule has 1 atom stereocenters. The zero-order valence-corrected chi connectivity index (χ0v) is 9.56. The summed E-state index contributed by atoms with van der Waals surface area (Å²) in [5, 5.41) is 2.94. The number of benzene rings is 1. The smallest absolute Gasteiger partial charge is 0.133 e. The Bertz CT molecular complexity index is 400. The largest absolute Gasteiger partial charge is 0.309 e. The SMILES string of the molecule is C#CCC(NCCC)c1c(F)cc(F)cc1F. The van der Waals surface area contributed by atoms with E-state index in [1.165, 1.54) is 0 Å². The fourth-order valence-corrected chi connectivity index (χ4v) is 1.60. The van der Waals surface area contributed by atoms with Crippen LogP contribution in [0.15, 0.2) is 12.1 Å². The van der Waals surface area contributed by atoms with Crippen molar-refractivity contribution in [3.8, 4) is 12.3 Å². The molecule has 1 unspecified atom stereocenters. The van der Waals surface area contributed by atoms with E-state index in [1.54, 1.807) is 0 Å². The van der Waals surface area contributed by atoms with Crippen molar-refractivity contribution in [2.75, 3.05) is 6.54 Å². The maximum atomic E-state index is 13.5. The molecule has 1 aromatic rings. The minimum Gasteiger partial charge on any atom is -0.309 e. The maximum Gasteiger partial charge on any atom is 0.133 e. The van der Waals surface area contributed by atoms with Gasteiger partial charge in [0.2, 0.25) is 0 Å². The van der Waals surface area contributed by atoms with Crippen molar-refractivity contribution in [2.45, 2.75) is 25.8 Å². The van der Waals surface area contributed by atoms with E-state index >= 15 is 0 Å². The van der Waals surface area contributed by atoms with Crippen LogP contribution in [0.3, 0.4) is 0 Å². The summed E-state index contributed by atoms with van der Waals surface area (Å²) >= 11 is 0. The molecule has 92 valence electrons. The van der Waals surface area contributed by atoms with E-state index in [0.717, 1.165) is 6.42 Å². The standard InChI is InChI=1S/C13H14F3N/c1-3-5-12(17-6-4-2)13-10(15)7-9(14)8-11(13)16/h1,7-8,12,17H,4-6H2,2H3. The summed E-state index contributed by atoms with van der Waals surface area (Å²) in [5.74, 6) is -0.399.